The van der Waals surface area contributed by atoms with Crippen molar-refractivity contribution in [3.8, 4) is 5.75 Å². The van der Waals surface area contributed by atoms with E-state index in [9.17, 15) is 9.59 Å². The van der Waals surface area contributed by atoms with Crippen LogP contribution in [0, 0.1) is 0 Å². The molecule has 1 N–H and O–H groups in total. The van der Waals surface area contributed by atoms with Crippen LogP contribution in [-0.4, -0.2) is 24.1 Å². The van der Waals surface area contributed by atoms with Crippen molar-refractivity contribution >= 4 is 17.6 Å². The van der Waals surface area contributed by atoms with Crippen molar-refractivity contribution in [1.82, 2.24) is 0 Å². The summed E-state index contributed by atoms with van der Waals surface area (Å²) >= 11 is 0. The molecule has 1 atom stereocenters. The number of carbonyl (C=O) groups excluding carboxylic acids is 2. The quantitative estimate of drug-likeness (QED) is 0.832. The Morgan fingerprint density at radius 1 is 1.19 bits per heavy atom. The number of amides is 1. The van der Waals surface area contributed by atoms with Crippen molar-refractivity contribution in [2.45, 2.75) is 39.2 Å². The highest BCUT2D eigenvalue weighted by atomic mass is 16.6. The van der Waals surface area contributed by atoms with Gasteiger partial charge < -0.3 is 14.8 Å². The van der Waals surface area contributed by atoms with Crippen molar-refractivity contribution in [1.29, 1.82) is 0 Å². The zero-order chi connectivity index (χ0) is 18.7. The number of rotatable bonds is 5. The maximum atomic E-state index is 12.8. The fourth-order valence-electron chi connectivity index (χ4n) is 3.06. The standard InChI is InChI=1S/C21H23NO4/c1-4-14-6-11-18-15(12-14)13-21(3,26-19(18)23)20(24)22-16-7-9-17(10-8-16)25-5-2/h6-12H,4-5,13H2,1-3H3,(H,22,24). The lowest BCUT2D eigenvalue weighted by Gasteiger charge is -2.33. The molecule has 0 fully saturated rings. The fraction of sp³-hybridized carbons (Fsp3) is 0.333. The summed E-state index contributed by atoms with van der Waals surface area (Å²) in [5.74, 6) is -0.0670. The minimum Gasteiger partial charge on any atom is -0.494 e. The number of aryl methyl sites for hydroxylation is 1. The number of fused-ring (bicyclic) bond motifs is 1. The molecule has 1 aliphatic rings. The van der Waals surface area contributed by atoms with Crippen LogP contribution in [0.5, 0.6) is 5.75 Å². The van der Waals surface area contributed by atoms with E-state index in [-0.39, 0.29) is 5.91 Å². The number of hydrogen-bond acceptors (Lipinski definition) is 4. The predicted octanol–water partition coefficient (Wildman–Crippen LogP) is 3.76. The zero-order valence-electron chi connectivity index (χ0n) is 15.3. The van der Waals surface area contributed by atoms with Crippen LogP contribution in [0.3, 0.4) is 0 Å². The van der Waals surface area contributed by atoms with Gasteiger partial charge in [0.25, 0.3) is 5.91 Å². The van der Waals surface area contributed by atoms with Gasteiger partial charge in [-0.05, 0) is 61.7 Å². The molecule has 0 bridgehead atoms. The Morgan fingerprint density at radius 3 is 2.58 bits per heavy atom. The first-order valence-corrected chi connectivity index (χ1v) is 8.84. The number of benzene rings is 2. The second-order valence-corrected chi connectivity index (χ2v) is 6.55. The first-order chi connectivity index (χ1) is 12.4. The van der Waals surface area contributed by atoms with Crippen LogP contribution in [-0.2, 0) is 22.4 Å². The lowest BCUT2D eigenvalue weighted by molar-refractivity contribution is -0.134. The highest BCUT2D eigenvalue weighted by Crippen LogP contribution is 2.30. The lowest BCUT2D eigenvalue weighted by Crippen LogP contribution is -2.48. The van der Waals surface area contributed by atoms with Crippen LogP contribution < -0.4 is 10.1 Å². The number of esters is 1. The Balaban J connectivity index is 1.79. The van der Waals surface area contributed by atoms with E-state index in [1.165, 1.54) is 0 Å². The number of cyclic esters (lactones) is 1. The summed E-state index contributed by atoms with van der Waals surface area (Å²) in [6.45, 7) is 6.20. The Hall–Kier alpha value is -2.82. The van der Waals surface area contributed by atoms with E-state index in [4.69, 9.17) is 9.47 Å². The van der Waals surface area contributed by atoms with Crippen molar-refractivity contribution in [3.05, 3.63) is 59.2 Å². The molecule has 2 aromatic rings. The molecule has 5 heteroatoms. The van der Waals surface area contributed by atoms with Gasteiger partial charge in [0.2, 0.25) is 0 Å². The molecule has 1 amide bonds. The number of nitrogens with one attached hydrogen (secondary N) is 1. The smallest absolute Gasteiger partial charge is 0.339 e. The third-order valence-electron chi connectivity index (χ3n) is 4.55. The third kappa shape index (κ3) is 3.57. The van der Waals surface area contributed by atoms with Crippen LogP contribution >= 0.6 is 0 Å². The summed E-state index contributed by atoms with van der Waals surface area (Å²) < 4.78 is 10.9. The Morgan fingerprint density at radius 2 is 1.92 bits per heavy atom. The minimum absolute atomic E-state index is 0.345. The minimum atomic E-state index is -1.24. The van der Waals surface area contributed by atoms with Gasteiger partial charge in [-0.3, -0.25) is 4.79 Å². The molecular weight excluding hydrogens is 330 g/mol. The van der Waals surface area contributed by atoms with Crippen LogP contribution in [0.4, 0.5) is 5.69 Å². The maximum absolute atomic E-state index is 12.8. The fourth-order valence-corrected chi connectivity index (χ4v) is 3.06. The molecule has 0 saturated carbocycles. The third-order valence-corrected chi connectivity index (χ3v) is 4.55. The average Bonchev–Trinajstić information content (AvgIpc) is 2.63. The van der Waals surface area contributed by atoms with E-state index < -0.39 is 11.6 Å². The molecular formula is C21H23NO4. The molecule has 0 radical (unpaired) electrons. The number of ether oxygens (including phenoxy) is 2. The number of anilines is 1. The molecule has 0 spiro atoms. The van der Waals surface area contributed by atoms with Crippen LogP contribution in [0.15, 0.2) is 42.5 Å². The summed E-state index contributed by atoms with van der Waals surface area (Å²) in [5.41, 5.74) is 1.91. The predicted molar refractivity (Wildman–Crippen MR) is 99.6 cm³/mol. The molecule has 2 aromatic carbocycles. The zero-order valence-corrected chi connectivity index (χ0v) is 15.3. The Labute approximate surface area is 153 Å². The van der Waals surface area contributed by atoms with E-state index in [2.05, 4.69) is 12.2 Å². The highest BCUT2D eigenvalue weighted by molar-refractivity contribution is 6.02. The van der Waals surface area contributed by atoms with Crippen molar-refractivity contribution in [3.63, 3.8) is 0 Å². The molecule has 0 aliphatic carbocycles. The second kappa shape index (κ2) is 7.20. The van der Waals surface area contributed by atoms with E-state index in [0.29, 0.717) is 24.3 Å². The highest BCUT2D eigenvalue weighted by Gasteiger charge is 2.42. The number of hydrogen-bond donors (Lipinski definition) is 1. The molecule has 136 valence electrons. The Kier molecular flexibility index (Phi) is 4.98. The average molecular weight is 353 g/mol. The summed E-state index contributed by atoms with van der Waals surface area (Å²) in [4.78, 5) is 25.1. The van der Waals surface area contributed by atoms with Gasteiger partial charge in [-0.1, -0.05) is 19.1 Å². The van der Waals surface area contributed by atoms with Crippen LogP contribution in [0.25, 0.3) is 0 Å². The SMILES string of the molecule is CCOc1ccc(NC(=O)C2(C)Cc3cc(CC)ccc3C(=O)O2)cc1. The summed E-state index contributed by atoms with van der Waals surface area (Å²) in [7, 11) is 0. The molecule has 1 aliphatic heterocycles. The largest absolute Gasteiger partial charge is 0.494 e. The van der Waals surface area contributed by atoms with Gasteiger partial charge in [-0.15, -0.1) is 0 Å². The molecule has 3 rings (SSSR count). The van der Waals surface area contributed by atoms with E-state index in [1.807, 2.05) is 19.1 Å². The van der Waals surface area contributed by atoms with Crippen molar-refractivity contribution in [2.75, 3.05) is 11.9 Å². The van der Waals surface area contributed by atoms with Gasteiger partial charge in [-0.25, -0.2) is 4.79 Å². The van der Waals surface area contributed by atoms with Gasteiger partial charge in [0, 0.05) is 12.1 Å². The topological polar surface area (TPSA) is 64.6 Å². The van der Waals surface area contributed by atoms with E-state index in [0.717, 1.165) is 23.3 Å². The second-order valence-electron chi connectivity index (χ2n) is 6.55. The first kappa shape index (κ1) is 18.0. The molecule has 26 heavy (non-hydrogen) atoms. The van der Waals surface area contributed by atoms with Gasteiger partial charge in [0.15, 0.2) is 5.60 Å². The van der Waals surface area contributed by atoms with Crippen molar-refractivity contribution < 1.29 is 19.1 Å². The number of carbonyl (C=O) groups is 2. The van der Waals surface area contributed by atoms with Gasteiger partial charge >= 0.3 is 5.97 Å². The molecule has 1 heterocycles. The van der Waals surface area contributed by atoms with Crippen LogP contribution in [0.2, 0.25) is 0 Å². The molecule has 0 saturated heterocycles. The summed E-state index contributed by atoms with van der Waals surface area (Å²) in [6, 6.07) is 12.8. The van der Waals surface area contributed by atoms with Gasteiger partial charge in [0.1, 0.15) is 5.75 Å². The van der Waals surface area contributed by atoms with E-state index in [1.54, 1.807) is 37.3 Å². The van der Waals surface area contributed by atoms with Crippen LogP contribution in [0.1, 0.15) is 42.3 Å². The molecule has 5 nitrogen and oxygen atoms in total. The van der Waals surface area contributed by atoms with E-state index >= 15 is 0 Å². The monoisotopic (exact) mass is 353 g/mol. The normalized spacial score (nSPS) is 18.7. The molecule has 0 aromatic heterocycles. The van der Waals surface area contributed by atoms with Gasteiger partial charge in [0.05, 0.1) is 12.2 Å². The molecule has 1 unspecified atom stereocenters. The first-order valence-electron chi connectivity index (χ1n) is 8.84. The lowest BCUT2D eigenvalue weighted by atomic mass is 9.88. The summed E-state index contributed by atoms with van der Waals surface area (Å²) in [6.07, 6.45) is 1.22. The maximum Gasteiger partial charge on any atom is 0.339 e. The van der Waals surface area contributed by atoms with Gasteiger partial charge in [-0.2, -0.15) is 0 Å². The Bertz CT molecular complexity index is 828. The summed E-state index contributed by atoms with van der Waals surface area (Å²) in [5, 5.41) is 2.83. The van der Waals surface area contributed by atoms with Crippen molar-refractivity contribution in [2.24, 2.45) is 0 Å².